The first kappa shape index (κ1) is 17.7. The maximum Gasteiger partial charge on any atom is 0.416 e. The summed E-state index contributed by atoms with van der Waals surface area (Å²) in [5, 5.41) is 4.28. The minimum absolute atomic E-state index is 0.171. The predicted molar refractivity (Wildman–Crippen MR) is 87.5 cm³/mol. The molecule has 0 bridgehead atoms. The Kier molecular flexibility index (Phi) is 4.75. The summed E-state index contributed by atoms with van der Waals surface area (Å²) < 4.78 is 43.9. The Morgan fingerprint density at radius 1 is 1.08 bits per heavy atom. The van der Waals surface area contributed by atoms with Crippen LogP contribution in [0, 0.1) is 0 Å². The van der Waals surface area contributed by atoms with Gasteiger partial charge in [0.25, 0.3) is 0 Å². The molecule has 5 nitrogen and oxygen atoms in total. The van der Waals surface area contributed by atoms with Crippen LogP contribution in [0.25, 0.3) is 17.1 Å². The summed E-state index contributed by atoms with van der Waals surface area (Å²) >= 11 is 0. The van der Waals surface area contributed by atoms with Crippen LogP contribution in [-0.4, -0.2) is 27.8 Å². The number of aromatic nitrogens is 3. The normalized spacial score (nSPS) is 11.4. The number of halogens is 3. The number of methoxy groups -OCH3 is 1. The summed E-state index contributed by atoms with van der Waals surface area (Å²) in [4.78, 5) is 15.4. The zero-order valence-corrected chi connectivity index (χ0v) is 13.7. The van der Waals surface area contributed by atoms with E-state index < -0.39 is 11.7 Å². The van der Waals surface area contributed by atoms with Crippen molar-refractivity contribution in [2.45, 2.75) is 12.6 Å². The van der Waals surface area contributed by atoms with E-state index in [9.17, 15) is 18.0 Å². The number of benzene rings is 2. The molecule has 0 unspecified atom stereocenters. The topological polar surface area (TPSA) is 57.0 Å². The third kappa shape index (κ3) is 3.90. The van der Waals surface area contributed by atoms with Gasteiger partial charge in [-0.15, -0.1) is 5.10 Å². The lowest BCUT2D eigenvalue weighted by molar-refractivity contribution is -0.140. The minimum atomic E-state index is -4.38. The van der Waals surface area contributed by atoms with Crippen LogP contribution in [0.3, 0.4) is 0 Å². The van der Waals surface area contributed by atoms with Crippen molar-refractivity contribution < 1.29 is 22.7 Å². The van der Waals surface area contributed by atoms with Gasteiger partial charge >= 0.3 is 12.1 Å². The molecule has 0 spiro atoms. The highest BCUT2D eigenvalue weighted by molar-refractivity contribution is 5.72. The Balaban J connectivity index is 1.78. The summed E-state index contributed by atoms with van der Waals surface area (Å²) in [7, 11) is 1.33. The number of rotatable bonds is 4. The molecule has 2 aromatic carbocycles. The molecule has 3 rings (SSSR count). The second kappa shape index (κ2) is 6.99. The van der Waals surface area contributed by atoms with Crippen LogP contribution in [0.2, 0.25) is 0 Å². The van der Waals surface area contributed by atoms with Gasteiger partial charge in [0.05, 0.1) is 24.8 Å². The molecule has 0 radical (unpaired) electrons. The zero-order chi connectivity index (χ0) is 18.7. The maximum atomic E-state index is 12.6. The summed E-state index contributed by atoms with van der Waals surface area (Å²) in [5.41, 5.74) is 1.27. The molecule has 0 atom stereocenters. The molecule has 0 aliphatic rings. The molecule has 1 aromatic heterocycles. The average Bonchev–Trinajstić information content (AvgIpc) is 3.12. The van der Waals surface area contributed by atoms with Gasteiger partial charge in [0, 0.05) is 5.56 Å². The number of ether oxygens (including phenoxy) is 1. The van der Waals surface area contributed by atoms with Crippen molar-refractivity contribution in [3.63, 3.8) is 0 Å². The van der Waals surface area contributed by atoms with E-state index in [0.717, 1.165) is 23.3 Å². The van der Waals surface area contributed by atoms with Crippen LogP contribution >= 0.6 is 0 Å². The maximum absolute atomic E-state index is 12.6. The summed E-state index contributed by atoms with van der Waals surface area (Å²) in [6.07, 6.45) is -2.78. The first-order valence-electron chi connectivity index (χ1n) is 7.62. The Morgan fingerprint density at radius 3 is 2.31 bits per heavy atom. The van der Waals surface area contributed by atoms with Gasteiger partial charge in [-0.3, -0.25) is 4.79 Å². The van der Waals surface area contributed by atoms with E-state index in [1.165, 1.54) is 30.3 Å². The number of esters is 1. The van der Waals surface area contributed by atoms with Crippen molar-refractivity contribution in [1.29, 1.82) is 0 Å². The lowest BCUT2D eigenvalue weighted by Crippen LogP contribution is -2.05. The minimum Gasteiger partial charge on any atom is -0.469 e. The number of nitrogens with zero attached hydrogens (tertiary/aromatic N) is 3. The fourth-order valence-corrected chi connectivity index (χ4v) is 2.33. The predicted octanol–water partition coefficient (Wildman–Crippen LogP) is 3.67. The molecule has 3 aromatic rings. The third-order valence-corrected chi connectivity index (χ3v) is 3.74. The molecule has 26 heavy (non-hydrogen) atoms. The summed E-state index contributed by atoms with van der Waals surface area (Å²) in [5.74, 6) is 0.0944. The van der Waals surface area contributed by atoms with Crippen LogP contribution < -0.4 is 0 Å². The van der Waals surface area contributed by atoms with Crippen LogP contribution in [0.15, 0.2) is 54.9 Å². The van der Waals surface area contributed by atoms with Gasteiger partial charge in [-0.05, 0) is 29.8 Å². The number of alkyl halides is 3. The number of hydrogen-bond donors (Lipinski definition) is 0. The molecular formula is C18H14F3N3O2. The lowest BCUT2D eigenvalue weighted by Gasteiger charge is -2.07. The molecule has 0 N–H and O–H groups in total. The average molecular weight is 361 g/mol. The lowest BCUT2D eigenvalue weighted by atomic mass is 10.1. The van der Waals surface area contributed by atoms with Gasteiger partial charge in [0.15, 0.2) is 5.82 Å². The van der Waals surface area contributed by atoms with E-state index in [4.69, 9.17) is 0 Å². The second-order valence-electron chi connectivity index (χ2n) is 5.51. The Bertz CT molecular complexity index is 901. The molecule has 134 valence electrons. The zero-order valence-electron chi connectivity index (χ0n) is 13.7. The van der Waals surface area contributed by atoms with Crippen LogP contribution in [-0.2, 0) is 22.1 Å². The SMILES string of the molecule is COC(=O)Cc1ccc(-c2ncn(-c3ccc(C(F)(F)F)cc3)n2)cc1. The number of carbonyl (C=O) groups excluding carboxylic acids is 1. The molecule has 0 fully saturated rings. The van der Waals surface area contributed by atoms with Crippen molar-refractivity contribution >= 4 is 5.97 Å². The van der Waals surface area contributed by atoms with E-state index >= 15 is 0 Å². The Hall–Kier alpha value is -3.16. The fraction of sp³-hybridized carbons (Fsp3) is 0.167. The van der Waals surface area contributed by atoms with E-state index in [-0.39, 0.29) is 12.4 Å². The summed E-state index contributed by atoms with van der Waals surface area (Å²) in [6, 6.07) is 11.7. The highest BCUT2D eigenvalue weighted by Crippen LogP contribution is 2.29. The van der Waals surface area contributed by atoms with Gasteiger partial charge < -0.3 is 4.74 Å². The van der Waals surface area contributed by atoms with Gasteiger partial charge in [-0.25, -0.2) is 9.67 Å². The van der Waals surface area contributed by atoms with Crippen molar-refractivity contribution in [1.82, 2.24) is 14.8 Å². The van der Waals surface area contributed by atoms with Crippen molar-refractivity contribution in [3.8, 4) is 17.1 Å². The smallest absolute Gasteiger partial charge is 0.416 e. The van der Waals surface area contributed by atoms with Gasteiger partial charge in [0.1, 0.15) is 6.33 Å². The first-order valence-corrected chi connectivity index (χ1v) is 7.62. The molecule has 0 aliphatic carbocycles. The van der Waals surface area contributed by atoms with E-state index in [2.05, 4.69) is 14.8 Å². The summed E-state index contributed by atoms with van der Waals surface area (Å²) in [6.45, 7) is 0. The molecule has 8 heteroatoms. The molecule has 0 saturated heterocycles. The molecule has 1 heterocycles. The van der Waals surface area contributed by atoms with E-state index in [1.807, 2.05) is 0 Å². The monoisotopic (exact) mass is 361 g/mol. The molecule has 0 amide bonds. The quantitative estimate of drug-likeness (QED) is 0.666. The van der Waals surface area contributed by atoms with E-state index in [0.29, 0.717) is 11.5 Å². The Labute approximate surface area is 147 Å². The standard InChI is InChI=1S/C18H14F3N3O2/c1-26-16(25)10-12-2-4-13(5-3-12)17-22-11-24(23-17)15-8-6-14(7-9-15)18(19,20)21/h2-9,11H,10H2,1H3. The molecule has 0 aliphatic heterocycles. The van der Waals surface area contributed by atoms with Crippen molar-refractivity contribution in [2.75, 3.05) is 7.11 Å². The van der Waals surface area contributed by atoms with Crippen LogP contribution in [0.5, 0.6) is 0 Å². The van der Waals surface area contributed by atoms with Crippen molar-refractivity contribution in [2.24, 2.45) is 0 Å². The van der Waals surface area contributed by atoms with Gasteiger partial charge in [-0.1, -0.05) is 24.3 Å². The van der Waals surface area contributed by atoms with Crippen LogP contribution in [0.1, 0.15) is 11.1 Å². The van der Waals surface area contributed by atoms with Gasteiger partial charge in [-0.2, -0.15) is 13.2 Å². The highest BCUT2D eigenvalue weighted by Gasteiger charge is 2.30. The largest absolute Gasteiger partial charge is 0.469 e. The first-order chi connectivity index (χ1) is 12.4. The molecule has 0 saturated carbocycles. The Morgan fingerprint density at radius 2 is 1.73 bits per heavy atom. The third-order valence-electron chi connectivity index (χ3n) is 3.74. The fourth-order valence-electron chi connectivity index (χ4n) is 2.33. The number of hydrogen-bond acceptors (Lipinski definition) is 4. The number of carbonyl (C=O) groups is 1. The highest BCUT2D eigenvalue weighted by atomic mass is 19.4. The van der Waals surface area contributed by atoms with Crippen molar-refractivity contribution in [3.05, 3.63) is 66.0 Å². The molecular weight excluding hydrogens is 347 g/mol. The second-order valence-corrected chi connectivity index (χ2v) is 5.51. The van der Waals surface area contributed by atoms with Gasteiger partial charge in [0.2, 0.25) is 0 Å². The van der Waals surface area contributed by atoms with E-state index in [1.54, 1.807) is 24.3 Å². The van der Waals surface area contributed by atoms with Crippen LogP contribution in [0.4, 0.5) is 13.2 Å².